The molecule has 0 amide bonds. The molecule has 17 nitrogen and oxygen atoms in total. The fourth-order valence-electron chi connectivity index (χ4n) is 12.2. The number of phosphoric ester groups is 2. The molecule has 0 aromatic rings. The minimum absolute atomic E-state index is 0.105. The van der Waals surface area contributed by atoms with Crippen LogP contribution in [0.3, 0.4) is 0 Å². The minimum Gasteiger partial charge on any atom is -0.462 e. The van der Waals surface area contributed by atoms with E-state index in [-0.39, 0.29) is 25.7 Å². The number of aliphatic hydroxyl groups excluding tert-OH is 1. The molecule has 0 heterocycles. The SMILES string of the molecule is CCCCCCCCCCCCCCCCCCCCCCC(=O)O[C@H](COC(=O)CCCCCCCCCCCCCCCCC(C)C)COP(=O)(O)OC[C@@H](O)COP(=O)(O)OC[C@@H](COC(=O)CCCCCCCCCCC)OC(=O)CCCCCCCCCCC(C)CC. The van der Waals surface area contributed by atoms with Crippen molar-refractivity contribution >= 4 is 39.5 Å². The van der Waals surface area contributed by atoms with Crippen LogP contribution < -0.4 is 0 Å². The summed E-state index contributed by atoms with van der Waals surface area (Å²) in [5.41, 5.74) is 0. The number of hydrogen-bond acceptors (Lipinski definition) is 15. The molecule has 0 spiro atoms. The molecule has 0 radical (unpaired) electrons. The molecule has 582 valence electrons. The van der Waals surface area contributed by atoms with Gasteiger partial charge >= 0.3 is 39.5 Å². The topological polar surface area (TPSA) is 237 Å². The Morgan fingerprint density at radius 3 is 0.776 bits per heavy atom. The van der Waals surface area contributed by atoms with Gasteiger partial charge in [0.15, 0.2) is 12.2 Å². The molecule has 98 heavy (non-hydrogen) atoms. The van der Waals surface area contributed by atoms with Gasteiger partial charge in [-0.2, -0.15) is 0 Å². The van der Waals surface area contributed by atoms with Crippen molar-refractivity contribution in [2.45, 2.75) is 432 Å². The molecule has 0 bridgehead atoms. The number of hydrogen-bond donors (Lipinski definition) is 3. The van der Waals surface area contributed by atoms with E-state index in [1.54, 1.807) is 0 Å². The largest absolute Gasteiger partial charge is 0.472 e. The molecule has 0 aliphatic heterocycles. The van der Waals surface area contributed by atoms with Gasteiger partial charge in [0.2, 0.25) is 0 Å². The van der Waals surface area contributed by atoms with Gasteiger partial charge in [-0.3, -0.25) is 37.3 Å². The third-order valence-electron chi connectivity index (χ3n) is 18.8. The summed E-state index contributed by atoms with van der Waals surface area (Å²) in [6, 6.07) is 0. The van der Waals surface area contributed by atoms with Crippen LogP contribution in [0.5, 0.6) is 0 Å². The van der Waals surface area contributed by atoms with E-state index in [2.05, 4.69) is 41.5 Å². The van der Waals surface area contributed by atoms with E-state index in [0.29, 0.717) is 25.7 Å². The van der Waals surface area contributed by atoms with Crippen LogP contribution in [0.25, 0.3) is 0 Å². The van der Waals surface area contributed by atoms with E-state index in [1.807, 2.05) is 0 Å². The van der Waals surface area contributed by atoms with Gasteiger partial charge in [0, 0.05) is 25.7 Å². The van der Waals surface area contributed by atoms with Crippen LogP contribution in [0.15, 0.2) is 0 Å². The zero-order valence-corrected chi connectivity index (χ0v) is 65.9. The van der Waals surface area contributed by atoms with E-state index in [9.17, 15) is 43.2 Å². The zero-order chi connectivity index (χ0) is 72.1. The Balaban J connectivity index is 5.21. The van der Waals surface area contributed by atoms with Crippen LogP contribution in [0, 0.1) is 11.8 Å². The number of carbonyl (C=O) groups is 4. The third kappa shape index (κ3) is 71.1. The molecule has 0 aliphatic rings. The molecule has 0 saturated carbocycles. The third-order valence-corrected chi connectivity index (χ3v) is 20.7. The summed E-state index contributed by atoms with van der Waals surface area (Å²) in [5, 5.41) is 10.6. The smallest absolute Gasteiger partial charge is 0.462 e. The molecule has 6 atom stereocenters. The maximum Gasteiger partial charge on any atom is 0.472 e. The highest BCUT2D eigenvalue weighted by Gasteiger charge is 2.30. The summed E-state index contributed by atoms with van der Waals surface area (Å²) in [6.45, 7) is 9.62. The summed E-state index contributed by atoms with van der Waals surface area (Å²) < 4.78 is 68.6. The lowest BCUT2D eigenvalue weighted by Gasteiger charge is -2.21. The van der Waals surface area contributed by atoms with Crippen molar-refractivity contribution in [3.05, 3.63) is 0 Å². The normalized spacial score (nSPS) is 14.2. The van der Waals surface area contributed by atoms with Crippen LogP contribution in [-0.2, 0) is 65.4 Å². The molecule has 3 N–H and O–H groups in total. The Kier molecular flexibility index (Phi) is 69.3. The Morgan fingerprint density at radius 2 is 0.520 bits per heavy atom. The van der Waals surface area contributed by atoms with Crippen LogP contribution in [0.1, 0.15) is 414 Å². The summed E-state index contributed by atoms with van der Waals surface area (Å²) in [5.74, 6) is -0.545. The average Bonchev–Trinajstić information content (AvgIpc) is 1.18. The van der Waals surface area contributed by atoms with Crippen molar-refractivity contribution in [1.29, 1.82) is 0 Å². The number of esters is 4. The Labute approximate surface area is 600 Å². The maximum atomic E-state index is 13.1. The lowest BCUT2D eigenvalue weighted by molar-refractivity contribution is -0.161. The van der Waals surface area contributed by atoms with Crippen LogP contribution >= 0.6 is 15.6 Å². The van der Waals surface area contributed by atoms with Crippen LogP contribution in [0.4, 0.5) is 0 Å². The van der Waals surface area contributed by atoms with Crippen LogP contribution in [0.2, 0.25) is 0 Å². The average molecular weight is 1440 g/mol. The summed E-state index contributed by atoms with van der Waals surface area (Å²) in [7, 11) is -9.91. The standard InChI is InChI=1S/C79H154O17P2/c1-7-10-12-14-16-18-19-20-21-22-23-24-25-26-31-34-38-45-51-57-63-78(83)95-74(68-90-77(82)62-56-50-44-37-33-30-28-27-29-32-36-41-47-53-59-71(4)5)69-93-97(85,86)91-65-73(80)66-92-98(87,88)94-70-75(67-89-76(81)61-55-49-43-35-17-15-13-11-8-2)96-79(84)64-58-52-46-40-39-42-48-54-60-72(6)9-3/h71-75,80H,7-70H2,1-6H3,(H,85,86)(H,87,88)/t72?,73-,74-,75-/m1/s1. The second-order valence-electron chi connectivity index (χ2n) is 29.2. The first kappa shape index (κ1) is 96.1. The van der Waals surface area contributed by atoms with Crippen molar-refractivity contribution in [2.75, 3.05) is 39.6 Å². The fourth-order valence-corrected chi connectivity index (χ4v) is 13.7. The molecule has 0 saturated heterocycles. The Hall–Kier alpha value is -1.94. The van der Waals surface area contributed by atoms with Gasteiger partial charge in [0.05, 0.1) is 26.4 Å². The molecule has 0 aromatic heterocycles. The lowest BCUT2D eigenvalue weighted by atomic mass is 9.99. The molecule has 0 rings (SSSR count). The molecular weight excluding hydrogens is 1280 g/mol. The number of ether oxygens (including phenoxy) is 4. The van der Waals surface area contributed by atoms with E-state index in [1.165, 1.54) is 231 Å². The molecule has 0 fully saturated rings. The quantitative estimate of drug-likeness (QED) is 0.0222. The number of rotatable bonds is 78. The van der Waals surface area contributed by atoms with Gasteiger partial charge in [-0.15, -0.1) is 0 Å². The first-order chi connectivity index (χ1) is 47.4. The molecule has 0 aromatic carbocycles. The number of carbonyl (C=O) groups excluding carboxylic acids is 4. The van der Waals surface area contributed by atoms with Gasteiger partial charge in [-0.05, 0) is 37.5 Å². The van der Waals surface area contributed by atoms with Crippen LogP contribution in [-0.4, -0.2) is 96.7 Å². The second-order valence-corrected chi connectivity index (χ2v) is 32.1. The van der Waals surface area contributed by atoms with E-state index in [4.69, 9.17) is 37.0 Å². The molecule has 3 unspecified atom stereocenters. The van der Waals surface area contributed by atoms with Gasteiger partial charge in [0.25, 0.3) is 0 Å². The highest BCUT2D eigenvalue weighted by molar-refractivity contribution is 7.47. The van der Waals surface area contributed by atoms with Crippen molar-refractivity contribution in [3.8, 4) is 0 Å². The predicted octanol–water partition coefficient (Wildman–Crippen LogP) is 23.5. The van der Waals surface area contributed by atoms with E-state index < -0.39 is 97.5 Å². The number of unbranched alkanes of at least 4 members (excludes halogenated alkanes) is 47. The first-order valence-corrected chi connectivity index (χ1v) is 44.0. The summed E-state index contributed by atoms with van der Waals surface area (Å²) in [4.78, 5) is 72.9. The van der Waals surface area contributed by atoms with E-state index >= 15 is 0 Å². The van der Waals surface area contributed by atoms with E-state index in [0.717, 1.165) is 102 Å². The summed E-state index contributed by atoms with van der Waals surface area (Å²) in [6.07, 6.45) is 59.7. The second kappa shape index (κ2) is 70.7. The van der Waals surface area contributed by atoms with Gasteiger partial charge < -0.3 is 33.8 Å². The van der Waals surface area contributed by atoms with Gasteiger partial charge in [0.1, 0.15) is 19.3 Å². The summed E-state index contributed by atoms with van der Waals surface area (Å²) >= 11 is 0. The van der Waals surface area contributed by atoms with Crippen molar-refractivity contribution in [3.63, 3.8) is 0 Å². The Bertz CT molecular complexity index is 1890. The maximum absolute atomic E-state index is 13.1. The molecule has 19 heteroatoms. The fraction of sp³-hybridized carbons (Fsp3) is 0.949. The zero-order valence-electron chi connectivity index (χ0n) is 64.1. The number of phosphoric acid groups is 2. The monoisotopic (exact) mass is 1440 g/mol. The minimum atomic E-state index is -4.96. The van der Waals surface area contributed by atoms with Crippen molar-refractivity contribution < 1.29 is 80.2 Å². The molecule has 0 aliphatic carbocycles. The first-order valence-electron chi connectivity index (χ1n) is 41.0. The van der Waals surface area contributed by atoms with Crippen molar-refractivity contribution in [1.82, 2.24) is 0 Å². The lowest BCUT2D eigenvalue weighted by Crippen LogP contribution is -2.30. The van der Waals surface area contributed by atoms with Gasteiger partial charge in [-0.25, -0.2) is 9.13 Å². The molecular formula is C79H154O17P2. The Morgan fingerprint density at radius 1 is 0.296 bits per heavy atom. The van der Waals surface area contributed by atoms with Crippen molar-refractivity contribution in [2.24, 2.45) is 11.8 Å². The number of aliphatic hydroxyl groups is 1. The van der Waals surface area contributed by atoms with Gasteiger partial charge in [-0.1, -0.05) is 363 Å². The predicted molar refractivity (Wildman–Crippen MR) is 400 cm³/mol. The highest BCUT2D eigenvalue weighted by Crippen LogP contribution is 2.45. The highest BCUT2D eigenvalue weighted by atomic mass is 31.2.